The van der Waals surface area contributed by atoms with Crippen molar-refractivity contribution in [3.8, 4) is 0 Å². The molecule has 0 radical (unpaired) electrons. The highest BCUT2D eigenvalue weighted by Gasteiger charge is 2.32. The van der Waals surface area contributed by atoms with Crippen molar-refractivity contribution in [2.75, 3.05) is 20.2 Å². The van der Waals surface area contributed by atoms with Gasteiger partial charge in [0.1, 0.15) is 4.90 Å². The normalized spacial score (nSPS) is 18.9. The molecule has 1 aromatic rings. The molecule has 0 aromatic carbocycles. The Bertz CT molecular complexity index is 533. The van der Waals surface area contributed by atoms with Crippen LogP contribution in [0, 0.1) is 6.92 Å². The number of rotatable bonds is 4. The van der Waals surface area contributed by atoms with Crippen LogP contribution in [0.2, 0.25) is 0 Å². The lowest BCUT2D eigenvalue weighted by Gasteiger charge is -2.30. The molecule has 0 N–H and O–H groups in total. The van der Waals surface area contributed by atoms with Crippen LogP contribution in [0.4, 0.5) is 0 Å². The molecule has 19 heavy (non-hydrogen) atoms. The third kappa shape index (κ3) is 2.97. The van der Waals surface area contributed by atoms with Crippen LogP contribution in [-0.2, 0) is 20.6 Å². The molecule has 7 heteroatoms. The molecule has 0 bridgehead atoms. The monoisotopic (exact) mass is 323 g/mol. The number of aryl methyl sites for hydroxylation is 1. The van der Waals surface area contributed by atoms with Gasteiger partial charge in [-0.05, 0) is 30.7 Å². The van der Waals surface area contributed by atoms with Gasteiger partial charge in [-0.15, -0.1) is 22.9 Å². The molecule has 1 aliphatic heterocycles. The second kappa shape index (κ2) is 6.10. The molecule has 1 fully saturated rings. The summed E-state index contributed by atoms with van der Waals surface area (Å²) in [5, 5.41) is 1.85. The van der Waals surface area contributed by atoms with Gasteiger partial charge in [0.25, 0.3) is 0 Å². The number of halogens is 1. The maximum atomic E-state index is 12.7. The van der Waals surface area contributed by atoms with Gasteiger partial charge in [-0.3, -0.25) is 0 Å². The van der Waals surface area contributed by atoms with Crippen molar-refractivity contribution in [2.45, 2.75) is 36.6 Å². The van der Waals surface area contributed by atoms with Crippen LogP contribution in [0.25, 0.3) is 0 Å². The summed E-state index contributed by atoms with van der Waals surface area (Å²) >= 11 is 7.25. The average Bonchev–Trinajstić information content (AvgIpc) is 2.80. The van der Waals surface area contributed by atoms with E-state index in [4.69, 9.17) is 16.3 Å². The zero-order valence-corrected chi connectivity index (χ0v) is 13.4. The third-order valence-corrected chi connectivity index (χ3v) is 7.23. The van der Waals surface area contributed by atoms with Gasteiger partial charge in [-0.2, -0.15) is 4.31 Å². The van der Waals surface area contributed by atoms with E-state index in [0.717, 1.165) is 23.3 Å². The highest BCUT2D eigenvalue weighted by Crippen LogP contribution is 2.32. The van der Waals surface area contributed by atoms with E-state index in [-0.39, 0.29) is 12.0 Å². The summed E-state index contributed by atoms with van der Waals surface area (Å²) in [6.07, 6.45) is 1.66. The standard InChI is InChI=1S/C12H18ClNO3S2/c1-9-8-18-11(7-13)12(9)19(15,16)14-5-3-10(17-2)4-6-14/h8,10H,3-7H2,1-2H3. The summed E-state index contributed by atoms with van der Waals surface area (Å²) in [6.45, 7) is 2.84. The van der Waals surface area contributed by atoms with E-state index in [1.807, 2.05) is 12.3 Å². The van der Waals surface area contributed by atoms with Gasteiger partial charge < -0.3 is 4.74 Å². The predicted molar refractivity (Wildman–Crippen MR) is 77.4 cm³/mol. The molecule has 0 spiro atoms. The minimum absolute atomic E-state index is 0.169. The van der Waals surface area contributed by atoms with E-state index >= 15 is 0 Å². The zero-order chi connectivity index (χ0) is 14.0. The molecule has 0 aliphatic carbocycles. The summed E-state index contributed by atoms with van der Waals surface area (Å²) < 4.78 is 32.2. The molecule has 108 valence electrons. The molecule has 4 nitrogen and oxygen atoms in total. The Morgan fingerprint density at radius 2 is 2.11 bits per heavy atom. The van der Waals surface area contributed by atoms with Crippen molar-refractivity contribution in [1.29, 1.82) is 0 Å². The van der Waals surface area contributed by atoms with Gasteiger partial charge in [0, 0.05) is 25.1 Å². The van der Waals surface area contributed by atoms with Crippen LogP contribution in [0.5, 0.6) is 0 Å². The maximum Gasteiger partial charge on any atom is 0.244 e. The van der Waals surface area contributed by atoms with Crippen molar-refractivity contribution < 1.29 is 13.2 Å². The first-order valence-electron chi connectivity index (χ1n) is 6.16. The molecule has 2 rings (SSSR count). The number of hydrogen-bond donors (Lipinski definition) is 0. The summed E-state index contributed by atoms with van der Waals surface area (Å²) in [4.78, 5) is 1.14. The number of hydrogen-bond acceptors (Lipinski definition) is 4. The van der Waals surface area contributed by atoms with Gasteiger partial charge in [0.15, 0.2) is 0 Å². The van der Waals surface area contributed by atoms with Crippen LogP contribution in [-0.4, -0.2) is 39.0 Å². The topological polar surface area (TPSA) is 46.6 Å². The molecule has 2 heterocycles. The van der Waals surface area contributed by atoms with Gasteiger partial charge in [0.2, 0.25) is 10.0 Å². The van der Waals surface area contributed by atoms with Crippen LogP contribution in [0.15, 0.2) is 10.3 Å². The van der Waals surface area contributed by atoms with Crippen LogP contribution in [0.1, 0.15) is 23.3 Å². The molecule has 1 saturated heterocycles. The van der Waals surface area contributed by atoms with Crippen LogP contribution < -0.4 is 0 Å². The van der Waals surface area contributed by atoms with Crippen molar-refractivity contribution in [3.63, 3.8) is 0 Å². The van der Waals surface area contributed by atoms with Gasteiger partial charge >= 0.3 is 0 Å². The number of thiophene rings is 1. The summed E-state index contributed by atoms with van der Waals surface area (Å²) in [5.74, 6) is 0.238. The van der Waals surface area contributed by atoms with E-state index in [1.54, 1.807) is 11.4 Å². The van der Waals surface area contributed by atoms with Crippen molar-refractivity contribution in [1.82, 2.24) is 4.31 Å². The fourth-order valence-corrected chi connectivity index (χ4v) is 5.84. The lowest BCUT2D eigenvalue weighted by atomic mass is 10.1. The van der Waals surface area contributed by atoms with E-state index in [2.05, 4.69) is 0 Å². The Kier molecular flexibility index (Phi) is 4.89. The van der Waals surface area contributed by atoms with Crippen molar-refractivity contribution >= 4 is 33.0 Å². The largest absolute Gasteiger partial charge is 0.381 e. The summed E-state index contributed by atoms with van der Waals surface area (Å²) in [6, 6.07) is 0. The van der Waals surface area contributed by atoms with Crippen molar-refractivity contribution in [2.24, 2.45) is 0 Å². The smallest absolute Gasteiger partial charge is 0.244 e. The highest BCUT2D eigenvalue weighted by molar-refractivity contribution is 7.89. The van der Waals surface area contributed by atoms with Gasteiger partial charge in [0.05, 0.1) is 12.0 Å². The number of alkyl halides is 1. The first kappa shape index (κ1) is 15.3. The molecule has 0 amide bonds. The first-order chi connectivity index (χ1) is 9.00. The SMILES string of the molecule is COC1CCN(S(=O)(=O)c2c(C)csc2CCl)CC1. The van der Waals surface area contributed by atoms with E-state index in [9.17, 15) is 8.42 Å². The second-order valence-electron chi connectivity index (χ2n) is 4.64. The maximum absolute atomic E-state index is 12.7. The van der Waals surface area contributed by atoms with Gasteiger partial charge in [-0.25, -0.2) is 8.42 Å². The predicted octanol–water partition coefficient (Wildman–Crippen LogP) is 2.59. The summed E-state index contributed by atoms with van der Waals surface area (Å²) in [7, 11) is -1.75. The van der Waals surface area contributed by atoms with Crippen molar-refractivity contribution in [3.05, 3.63) is 15.8 Å². The average molecular weight is 324 g/mol. The lowest BCUT2D eigenvalue weighted by Crippen LogP contribution is -2.40. The first-order valence-corrected chi connectivity index (χ1v) is 9.02. The second-order valence-corrected chi connectivity index (χ2v) is 7.75. The molecule has 0 atom stereocenters. The summed E-state index contributed by atoms with van der Waals surface area (Å²) in [5.41, 5.74) is 0.787. The molecule has 1 aliphatic rings. The number of sulfonamides is 1. The minimum Gasteiger partial charge on any atom is -0.381 e. The minimum atomic E-state index is -3.42. The number of nitrogens with zero attached hydrogens (tertiary/aromatic N) is 1. The number of piperidine rings is 1. The van der Waals surface area contributed by atoms with E-state index in [1.165, 1.54) is 11.3 Å². The Balaban J connectivity index is 2.26. The molecule has 1 aromatic heterocycles. The fourth-order valence-electron chi connectivity index (χ4n) is 2.36. The Hall–Kier alpha value is -0.140. The zero-order valence-electron chi connectivity index (χ0n) is 11.1. The lowest BCUT2D eigenvalue weighted by molar-refractivity contribution is 0.0604. The Labute approximate surface area is 123 Å². The fraction of sp³-hybridized carbons (Fsp3) is 0.667. The van der Waals surface area contributed by atoms with E-state index < -0.39 is 10.0 Å². The quantitative estimate of drug-likeness (QED) is 0.800. The Morgan fingerprint density at radius 1 is 1.47 bits per heavy atom. The van der Waals surface area contributed by atoms with Crippen LogP contribution in [0.3, 0.4) is 0 Å². The molecule has 0 saturated carbocycles. The van der Waals surface area contributed by atoms with Gasteiger partial charge in [-0.1, -0.05) is 0 Å². The number of ether oxygens (including phenoxy) is 1. The van der Waals surface area contributed by atoms with Crippen LogP contribution >= 0.6 is 22.9 Å². The third-order valence-electron chi connectivity index (χ3n) is 3.44. The van der Waals surface area contributed by atoms with E-state index in [0.29, 0.717) is 18.0 Å². The number of methoxy groups -OCH3 is 1. The highest BCUT2D eigenvalue weighted by atomic mass is 35.5. The molecular weight excluding hydrogens is 306 g/mol. The molecular formula is C12H18ClNO3S2. The Morgan fingerprint density at radius 3 is 2.63 bits per heavy atom. The molecule has 0 unspecified atom stereocenters.